The zero-order chi connectivity index (χ0) is 15.2. The minimum atomic E-state index is 0.932. The van der Waals surface area contributed by atoms with E-state index in [-0.39, 0.29) is 0 Å². The first-order chi connectivity index (χ1) is 10.1. The van der Waals surface area contributed by atoms with E-state index in [1.165, 1.54) is 0 Å². The van der Waals surface area contributed by atoms with Crippen molar-refractivity contribution >= 4 is 11.8 Å². The lowest BCUT2D eigenvalue weighted by Crippen LogP contribution is -1.86. The van der Waals surface area contributed by atoms with Gasteiger partial charge in [-0.15, -0.1) is 0 Å². The predicted molar refractivity (Wildman–Crippen MR) is 88.0 cm³/mol. The standard InChI is InChI=1S/C17H20N4/c1-5-18-14(3)7-6-13(2)15-8-9-17(19-10-15)16-11-20-21(4)12-16/h5-12H,1-4H3/b13-6+,14-7+,18-5?. The molecule has 0 aliphatic heterocycles. The van der Waals surface area contributed by atoms with Crippen LogP contribution in [0.15, 0.2) is 53.6 Å². The van der Waals surface area contributed by atoms with Gasteiger partial charge in [0, 0.05) is 36.9 Å². The number of nitrogens with zero attached hydrogens (tertiary/aromatic N) is 4. The average Bonchev–Trinajstić information content (AvgIpc) is 2.92. The van der Waals surface area contributed by atoms with Crippen LogP contribution >= 0.6 is 0 Å². The van der Waals surface area contributed by atoms with Gasteiger partial charge in [-0.25, -0.2) is 0 Å². The lowest BCUT2D eigenvalue weighted by Gasteiger charge is -2.02. The summed E-state index contributed by atoms with van der Waals surface area (Å²) in [5, 5.41) is 4.16. The van der Waals surface area contributed by atoms with Crippen molar-refractivity contribution in [1.29, 1.82) is 0 Å². The Balaban J connectivity index is 2.19. The van der Waals surface area contributed by atoms with E-state index < -0.39 is 0 Å². The maximum absolute atomic E-state index is 4.50. The van der Waals surface area contributed by atoms with Crippen LogP contribution in [0.5, 0.6) is 0 Å². The Bertz CT molecular complexity index is 688. The van der Waals surface area contributed by atoms with Crippen LogP contribution in [0.4, 0.5) is 0 Å². The van der Waals surface area contributed by atoms with E-state index in [1.54, 1.807) is 10.9 Å². The van der Waals surface area contributed by atoms with Crippen LogP contribution in [0, 0.1) is 0 Å². The Morgan fingerprint density at radius 1 is 1.19 bits per heavy atom. The molecule has 2 aromatic rings. The second kappa shape index (κ2) is 6.79. The molecular formula is C17H20N4. The van der Waals surface area contributed by atoms with E-state index in [1.807, 2.05) is 51.6 Å². The van der Waals surface area contributed by atoms with Crippen LogP contribution in [0.25, 0.3) is 16.8 Å². The molecule has 0 amide bonds. The van der Waals surface area contributed by atoms with Crippen molar-refractivity contribution in [3.63, 3.8) is 0 Å². The first-order valence-corrected chi connectivity index (χ1v) is 6.89. The minimum absolute atomic E-state index is 0.932. The molecule has 2 heterocycles. The predicted octanol–water partition coefficient (Wildman–Crippen LogP) is 3.88. The molecule has 108 valence electrons. The lowest BCUT2D eigenvalue weighted by molar-refractivity contribution is 0.768. The Kier molecular flexibility index (Phi) is 4.82. The van der Waals surface area contributed by atoms with Gasteiger partial charge < -0.3 is 0 Å². The monoisotopic (exact) mass is 280 g/mol. The Labute approximate surface area is 125 Å². The topological polar surface area (TPSA) is 43.1 Å². The molecule has 0 bridgehead atoms. The molecule has 0 fully saturated rings. The van der Waals surface area contributed by atoms with E-state index in [2.05, 4.69) is 34.1 Å². The Morgan fingerprint density at radius 3 is 2.57 bits per heavy atom. The first kappa shape index (κ1) is 14.9. The molecule has 4 nitrogen and oxygen atoms in total. The summed E-state index contributed by atoms with van der Waals surface area (Å²) in [5.74, 6) is 0. The summed E-state index contributed by atoms with van der Waals surface area (Å²) in [7, 11) is 1.90. The maximum Gasteiger partial charge on any atom is 0.0733 e. The molecule has 0 aliphatic rings. The molecular weight excluding hydrogens is 260 g/mol. The summed E-state index contributed by atoms with van der Waals surface area (Å²) in [4.78, 5) is 8.72. The highest BCUT2D eigenvalue weighted by Gasteiger charge is 2.02. The summed E-state index contributed by atoms with van der Waals surface area (Å²) in [6.07, 6.45) is 11.5. The zero-order valence-electron chi connectivity index (χ0n) is 12.9. The van der Waals surface area contributed by atoms with Crippen LogP contribution in [0.1, 0.15) is 26.3 Å². The molecule has 0 N–H and O–H groups in total. The van der Waals surface area contributed by atoms with Gasteiger partial charge in [-0.1, -0.05) is 12.1 Å². The fourth-order valence-corrected chi connectivity index (χ4v) is 1.94. The van der Waals surface area contributed by atoms with E-state index >= 15 is 0 Å². The molecule has 0 saturated carbocycles. The van der Waals surface area contributed by atoms with Gasteiger partial charge in [0.1, 0.15) is 0 Å². The molecule has 2 aromatic heterocycles. The fourth-order valence-electron chi connectivity index (χ4n) is 1.94. The molecule has 0 atom stereocenters. The number of aliphatic imine (C=N–C) groups is 1. The number of aryl methyl sites for hydroxylation is 1. The molecule has 4 heteroatoms. The van der Waals surface area contributed by atoms with Crippen LogP contribution in [-0.2, 0) is 7.05 Å². The third kappa shape index (κ3) is 3.99. The van der Waals surface area contributed by atoms with E-state index in [4.69, 9.17) is 0 Å². The number of allylic oxidation sites excluding steroid dienone is 4. The van der Waals surface area contributed by atoms with Crippen LogP contribution in [-0.4, -0.2) is 21.0 Å². The zero-order valence-corrected chi connectivity index (χ0v) is 12.9. The summed E-state index contributed by atoms with van der Waals surface area (Å²) in [6, 6.07) is 4.10. The van der Waals surface area contributed by atoms with Crippen molar-refractivity contribution in [2.24, 2.45) is 12.0 Å². The van der Waals surface area contributed by atoms with Gasteiger partial charge in [-0.2, -0.15) is 5.10 Å². The van der Waals surface area contributed by atoms with Gasteiger partial charge in [0.25, 0.3) is 0 Å². The van der Waals surface area contributed by atoms with E-state index in [9.17, 15) is 0 Å². The van der Waals surface area contributed by atoms with Crippen LogP contribution in [0.2, 0.25) is 0 Å². The summed E-state index contributed by atoms with van der Waals surface area (Å²) in [5.41, 5.74) is 5.20. The molecule has 21 heavy (non-hydrogen) atoms. The van der Waals surface area contributed by atoms with E-state index in [0.717, 1.165) is 28.1 Å². The van der Waals surface area contributed by atoms with Gasteiger partial charge in [0.05, 0.1) is 11.9 Å². The third-order valence-corrected chi connectivity index (χ3v) is 3.13. The van der Waals surface area contributed by atoms with E-state index in [0.29, 0.717) is 0 Å². The molecule has 0 aliphatic carbocycles. The molecule has 0 spiro atoms. The number of hydrogen-bond acceptors (Lipinski definition) is 3. The SMILES string of the molecule is CC=N/C(C)=C/C=C(\C)c1ccc(-c2cnn(C)c2)nc1. The maximum atomic E-state index is 4.50. The van der Waals surface area contributed by atoms with Crippen molar-refractivity contribution in [2.75, 3.05) is 0 Å². The van der Waals surface area contributed by atoms with Crippen molar-refractivity contribution in [2.45, 2.75) is 20.8 Å². The second-order valence-corrected chi connectivity index (χ2v) is 4.88. The van der Waals surface area contributed by atoms with Gasteiger partial charge in [0.15, 0.2) is 0 Å². The molecule has 0 unspecified atom stereocenters. The molecule has 0 aromatic carbocycles. The first-order valence-electron chi connectivity index (χ1n) is 6.89. The van der Waals surface area contributed by atoms with Crippen molar-refractivity contribution < 1.29 is 0 Å². The average molecular weight is 280 g/mol. The number of aromatic nitrogens is 3. The van der Waals surface area contributed by atoms with Crippen LogP contribution in [0.3, 0.4) is 0 Å². The second-order valence-electron chi connectivity index (χ2n) is 4.88. The fraction of sp³-hybridized carbons (Fsp3) is 0.235. The summed E-state index contributed by atoms with van der Waals surface area (Å²) >= 11 is 0. The lowest BCUT2D eigenvalue weighted by atomic mass is 10.1. The molecule has 0 radical (unpaired) electrons. The normalized spacial score (nSPS) is 13.1. The van der Waals surface area contributed by atoms with Crippen molar-refractivity contribution in [3.05, 3.63) is 54.1 Å². The van der Waals surface area contributed by atoms with Crippen LogP contribution < -0.4 is 0 Å². The number of pyridine rings is 1. The quantitative estimate of drug-likeness (QED) is 0.630. The smallest absolute Gasteiger partial charge is 0.0733 e. The largest absolute Gasteiger partial charge is 0.275 e. The highest BCUT2D eigenvalue weighted by atomic mass is 15.2. The van der Waals surface area contributed by atoms with Gasteiger partial charge in [-0.3, -0.25) is 14.7 Å². The summed E-state index contributed by atoms with van der Waals surface area (Å²) in [6.45, 7) is 5.96. The number of rotatable bonds is 4. The third-order valence-electron chi connectivity index (χ3n) is 3.13. The van der Waals surface area contributed by atoms with Gasteiger partial charge >= 0.3 is 0 Å². The van der Waals surface area contributed by atoms with Crippen molar-refractivity contribution in [1.82, 2.24) is 14.8 Å². The van der Waals surface area contributed by atoms with Crippen molar-refractivity contribution in [3.8, 4) is 11.3 Å². The summed E-state index contributed by atoms with van der Waals surface area (Å²) < 4.78 is 1.78. The molecule has 0 saturated heterocycles. The van der Waals surface area contributed by atoms with Gasteiger partial charge in [0.2, 0.25) is 0 Å². The highest BCUT2D eigenvalue weighted by Crippen LogP contribution is 2.19. The van der Waals surface area contributed by atoms with Gasteiger partial charge in [-0.05, 0) is 44.1 Å². The number of hydrogen-bond donors (Lipinski definition) is 0. The Hall–Kier alpha value is -2.49. The minimum Gasteiger partial charge on any atom is -0.275 e. The molecule has 2 rings (SSSR count). The highest BCUT2D eigenvalue weighted by molar-refractivity contribution is 5.67. The Morgan fingerprint density at radius 2 is 2.00 bits per heavy atom.